The highest BCUT2D eigenvalue weighted by Crippen LogP contribution is 2.36. The van der Waals surface area contributed by atoms with Gasteiger partial charge in [0.15, 0.2) is 0 Å². The predicted octanol–water partition coefficient (Wildman–Crippen LogP) is 8.16. The maximum Gasteiger partial charge on any atom is 0.119 e. The molecule has 0 heterocycles. The highest BCUT2D eigenvalue weighted by Gasteiger charge is 2.24. The first-order valence-corrected chi connectivity index (χ1v) is 12.0. The first-order valence-electron chi connectivity index (χ1n) is 12.0. The normalized spacial score (nSPS) is 18.7. The van der Waals surface area contributed by atoms with Gasteiger partial charge in [-0.15, -0.1) is 0 Å². The summed E-state index contributed by atoms with van der Waals surface area (Å²) in [5, 5.41) is 8.93. The molecule has 0 amide bonds. The van der Waals surface area contributed by atoms with Crippen molar-refractivity contribution in [1.29, 1.82) is 5.26 Å². The zero-order valence-electron chi connectivity index (χ0n) is 18.6. The van der Waals surface area contributed by atoms with Gasteiger partial charge in [-0.1, -0.05) is 89.0 Å². The number of nitriles is 1. The van der Waals surface area contributed by atoms with Crippen molar-refractivity contribution >= 4 is 0 Å². The average Bonchev–Trinajstić information content (AvgIpc) is 2.81. The van der Waals surface area contributed by atoms with E-state index in [2.05, 4.69) is 37.3 Å². The lowest BCUT2D eigenvalue weighted by molar-refractivity contribution is 0.190. The fourth-order valence-electron chi connectivity index (χ4n) is 4.89. The Morgan fingerprint density at radius 2 is 1.40 bits per heavy atom. The van der Waals surface area contributed by atoms with Crippen LogP contribution >= 0.6 is 0 Å². The van der Waals surface area contributed by atoms with Crippen LogP contribution < -0.4 is 4.74 Å². The van der Waals surface area contributed by atoms with E-state index < -0.39 is 0 Å². The Kier molecular flexibility index (Phi) is 9.29. The molecule has 0 bridgehead atoms. The maximum atomic E-state index is 8.93. The molecule has 160 valence electrons. The number of hydrogen-bond donors (Lipinski definition) is 0. The lowest BCUT2D eigenvalue weighted by Gasteiger charge is -2.31. The Morgan fingerprint density at radius 1 is 0.800 bits per heavy atom. The van der Waals surface area contributed by atoms with E-state index in [1.165, 1.54) is 64.2 Å². The molecule has 30 heavy (non-hydrogen) atoms. The molecule has 2 heteroatoms. The Balaban J connectivity index is 1.40. The first-order chi connectivity index (χ1) is 14.8. The fourth-order valence-corrected chi connectivity index (χ4v) is 4.89. The van der Waals surface area contributed by atoms with Crippen molar-refractivity contribution in [1.82, 2.24) is 0 Å². The molecule has 0 spiro atoms. The maximum absolute atomic E-state index is 8.93. The minimum Gasteiger partial charge on any atom is -0.494 e. The van der Waals surface area contributed by atoms with Gasteiger partial charge in [-0.3, -0.25) is 0 Å². The Labute approximate surface area is 183 Å². The summed E-state index contributed by atoms with van der Waals surface area (Å²) >= 11 is 0. The Bertz CT molecular complexity index is 772. The molecule has 3 rings (SSSR count). The third-order valence-corrected chi connectivity index (χ3v) is 6.68. The van der Waals surface area contributed by atoms with Crippen molar-refractivity contribution in [2.24, 2.45) is 11.8 Å². The van der Waals surface area contributed by atoms with Gasteiger partial charge >= 0.3 is 0 Å². The van der Waals surface area contributed by atoms with Gasteiger partial charge in [0.1, 0.15) is 5.75 Å². The van der Waals surface area contributed by atoms with E-state index in [1.54, 1.807) is 0 Å². The lowest BCUT2D eigenvalue weighted by Crippen LogP contribution is -2.20. The first kappa shape index (κ1) is 22.4. The highest BCUT2D eigenvalue weighted by atomic mass is 16.5. The summed E-state index contributed by atoms with van der Waals surface area (Å²) in [6, 6.07) is 18.2. The summed E-state index contributed by atoms with van der Waals surface area (Å²) in [4.78, 5) is 0. The van der Waals surface area contributed by atoms with Crippen molar-refractivity contribution < 1.29 is 4.74 Å². The Hall–Kier alpha value is -2.27. The summed E-state index contributed by atoms with van der Waals surface area (Å²) in [5.41, 5.74) is 2.97. The zero-order chi connectivity index (χ0) is 21.0. The van der Waals surface area contributed by atoms with Gasteiger partial charge in [-0.2, -0.15) is 5.26 Å². The number of hydrogen-bond acceptors (Lipinski definition) is 2. The standard InChI is InChI=1S/C28H37NO/c1-2-3-4-5-9-24-10-6-7-11-25(24)12-8-21-30-28-19-17-27(18-20-28)26-15-13-23(22-29)14-16-26/h13-20,24-25H,2-12,21H2,1H3. The second-order valence-corrected chi connectivity index (χ2v) is 8.86. The number of unbranched alkanes of at least 4 members (excludes halogenated alkanes) is 3. The van der Waals surface area contributed by atoms with Gasteiger partial charge in [-0.25, -0.2) is 0 Å². The quantitative estimate of drug-likeness (QED) is 0.354. The molecule has 2 unspecified atom stereocenters. The summed E-state index contributed by atoms with van der Waals surface area (Å²) in [7, 11) is 0. The summed E-state index contributed by atoms with van der Waals surface area (Å²) in [6.45, 7) is 3.11. The van der Waals surface area contributed by atoms with E-state index in [9.17, 15) is 0 Å². The number of rotatable bonds is 11. The summed E-state index contributed by atoms with van der Waals surface area (Å²) in [5.74, 6) is 2.83. The van der Waals surface area contributed by atoms with E-state index in [1.807, 2.05) is 24.3 Å². The van der Waals surface area contributed by atoms with E-state index in [4.69, 9.17) is 10.00 Å². The number of nitrogens with zero attached hydrogens (tertiary/aromatic N) is 1. The van der Waals surface area contributed by atoms with Gasteiger partial charge in [0.25, 0.3) is 0 Å². The van der Waals surface area contributed by atoms with Crippen LogP contribution in [0.25, 0.3) is 11.1 Å². The SMILES string of the molecule is CCCCCCC1CCCCC1CCCOc1ccc(-c2ccc(C#N)cc2)cc1. The van der Waals surface area contributed by atoms with E-state index in [0.717, 1.165) is 41.7 Å². The molecule has 1 saturated carbocycles. The molecule has 2 nitrogen and oxygen atoms in total. The molecule has 1 fully saturated rings. The van der Waals surface area contributed by atoms with Crippen molar-refractivity contribution in [2.45, 2.75) is 77.6 Å². The van der Waals surface area contributed by atoms with Crippen LogP contribution in [0.5, 0.6) is 5.75 Å². The highest BCUT2D eigenvalue weighted by molar-refractivity contribution is 5.64. The predicted molar refractivity (Wildman–Crippen MR) is 126 cm³/mol. The smallest absolute Gasteiger partial charge is 0.119 e. The molecule has 1 aliphatic carbocycles. The zero-order valence-corrected chi connectivity index (χ0v) is 18.6. The van der Waals surface area contributed by atoms with Gasteiger partial charge in [0.05, 0.1) is 18.2 Å². The van der Waals surface area contributed by atoms with Crippen molar-refractivity contribution in [3.8, 4) is 22.9 Å². The third-order valence-electron chi connectivity index (χ3n) is 6.68. The van der Waals surface area contributed by atoms with Gasteiger partial charge in [0, 0.05) is 0 Å². The summed E-state index contributed by atoms with van der Waals surface area (Å²) < 4.78 is 6.03. The van der Waals surface area contributed by atoms with E-state index in [-0.39, 0.29) is 0 Å². The average molecular weight is 404 g/mol. The molecule has 2 aromatic carbocycles. The van der Waals surface area contributed by atoms with Crippen molar-refractivity contribution in [3.63, 3.8) is 0 Å². The molecular weight excluding hydrogens is 366 g/mol. The molecule has 0 N–H and O–H groups in total. The Morgan fingerprint density at radius 3 is 2.00 bits per heavy atom. The number of ether oxygens (including phenoxy) is 1. The monoisotopic (exact) mass is 403 g/mol. The number of benzene rings is 2. The van der Waals surface area contributed by atoms with Crippen LogP contribution in [0.4, 0.5) is 0 Å². The van der Waals surface area contributed by atoms with E-state index >= 15 is 0 Å². The largest absolute Gasteiger partial charge is 0.494 e. The summed E-state index contributed by atoms with van der Waals surface area (Å²) in [6.07, 6.45) is 15.3. The van der Waals surface area contributed by atoms with Crippen molar-refractivity contribution in [2.75, 3.05) is 6.61 Å². The van der Waals surface area contributed by atoms with Crippen molar-refractivity contribution in [3.05, 3.63) is 54.1 Å². The van der Waals surface area contributed by atoms with Crippen LogP contribution in [0.3, 0.4) is 0 Å². The molecule has 0 aliphatic heterocycles. The lowest BCUT2D eigenvalue weighted by atomic mass is 9.74. The van der Waals surface area contributed by atoms with Crippen LogP contribution in [0.15, 0.2) is 48.5 Å². The van der Waals surface area contributed by atoms with Gasteiger partial charge < -0.3 is 4.74 Å². The molecule has 0 aromatic heterocycles. The van der Waals surface area contributed by atoms with Crippen LogP contribution in [0.1, 0.15) is 83.1 Å². The molecule has 2 aromatic rings. The van der Waals surface area contributed by atoms with Gasteiger partial charge in [-0.05, 0) is 60.1 Å². The van der Waals surface area contributed by atoms with Gasteiger partial charge in [0.2, 0.25) is 0 Å². The molecule has 0 radical (unpaired) electrons. The third kappa shape index (κ3) is 6.91. The topological polar surface area (TPSA) is 33.0 Å². The molecule has 2 atom stereocenters. The second-order valence-electron chi connectivity index (χ2n) is 8.86. The molecular formula is C28H37NO. The minimum atomic E-state index is 0.694. The van der Waals surface area contributed by atoms with Crippen LogP contribution in [-0.4, -0.2) is 6.61 Å². The van der Waals surface area contributed by atoms with E-state index in [0.29, 0.717) is 5.56 Å². The van der Waals surface area contributed by atoms with Crippen LogP contribution in [0.2, 0.25) is 0 Å². The fraction of sp³-hybridized carbons (Fsp3) is 0.536. The van der Waals surface area contributed by atoms with Crippen LogP contribution in [0, 0.1) is 23.2 Å². The minimum absolute atomic E-state index is 0.694. The van der Waals surface area contributed by atoms with Crippen LogP contribution in [-0.2, 0) is 0 Å². The second kappa shape index (κ2) is 12.4. The molecule has 1 aliphatic rings. The molecule has 0 saturated heterocycles.